The lowest BCUT2D eigenvalue weighted by molar-refractivity contribution is -0.149. The topological polar surface area (TPSA) is 90.4 Å². The first-order valence-electron chi connectivity index (χ1n) is 6.65. The summed E-state index contributed by atoms with van der Waals surface area (Å²) in [6, 6.07) is 4.94. The third-order valence-electron chi connectivity index (χ3n) is 3.86. The average molecular weight is 288 g/mol. The number of aromatic nitrogens is 2. The number of rotatable bonds is 2. The summed E-state index contributed by atoms with van der Waals surface area (Å²) in [4.78, 5) is 29.4. The molecule has 1 saturated heterocycles. The van der Waals surface area contributed by atoms with Crippen LogP contribution in [0, 0.1) is 0 Å². The van der Waals surface area contributed by atoms with Crippen LogP contribution < -0.4 is 10.5 Å². The van der Waals surface area contributed by atoms with E-state index in [-0.39, 0.29) is 17.8 Å². The average Bonchev–Trinajstić information content (AvgIpc) is 2.81. The standard InChI is InChI=1S/C14H16N4O3/c1-17-11(19)7-6-9(13(17)20)18-8-4-3-5-10(21-2)12(8)16-14(18)15/h3-5,9H,6-7H2,1-2H3,(H2,15,16). The first kappa shape index (κ1) is 13.4. The highest BCUT2D eigenvalue weighted by molar-refractivity contribution is 6.00. The lowest BCUT2D eigenvalue weighted by Gasteiger charge is -2.29. The molecule has 7 heteroatoms. The molecule has 110 valence electrons. The molecule has 2 aromatic rings. The molecule has 7 nitrogen and oxygen atoms in total. The Balaban J connectivity index is 2.15. The SMILES string of the molecule is COc1cccc2c1nc(N)n2C1CCC(=O)N(C)C1=O. The van der Waals surface area contributed by atoms with Crippen LogP contribution in [0.4, 0.5) is 5.95 Å². The highest BCUT2D eigenvalue weighted by Gasteiger charge is 2.35. The van der Waals surface area contributed by atoms with Gasteiger partial charge in [0.15, 0.2) is 0 Å². The molecule has 2 amide bonds. The van der Waals surface area contributed by atoms with Crippen LogP contribution >= 0.6 is 0 Å². The number of nitrogens with two attached hydrogens (primary N) is 1. The van der Waals surface area contributed by atoms with Crippen molar-refractivity contribution < 1.29 is 14.3 Å². The van der Waals surface area contributed by atoms with Gasteiger partial charge in [-0.15, -0.1) is 0 Å². The van der Waals surface area contributed by atoms with Gasteiger partial charge in [-0.1, -0.05) is 6.07 Å². The number of imide groups is 1. The van der Waals surface area contributed by atoms with Crippen molar-refractivity contribution in [3.63, 3.8) is 0 Å². The molecule has 1 aromatic heterocycles. The summed E-state index contributed by atoms with van der Waals surface area (Å²) < 4.78 is 6.95. The van der Waals surface area contributed by atoms with Gasteiger partial charge >= 0.3 is 0 Å². The highest BCUT2D eigenvalue weighted by atomic mass is 16.5. The Morgan fingerprint density at radius 2 is 2.14 bits per heavy atom. The molecular formula is C14H16N4O3. The number of carbonyl (C=O) groups is 2. The summed E-state index contributed by atoms with van der Waals surface area (Å²) >= 11 is 0. The summed E-state index contributed by atoms with van der Waals surface area (Å²) in [6.07, 6.45) is 0.741. The third kappa shape index (κ3) is 1.93. The summed E-state index contributed by atoms with van der Waals surface area (Å²) in [5.41, 5.74) is 7.34. The second-order valence-corrected chi connectivity index (χ2v) is 5.01. The fraction of sp³-hybridized carbons (Fsp3) is 0.357. The molecule has 2 heterocycles. The Hall–Kier alpha value is -2.57. The molecule has 0 radical (unpaired) electrons. The van der Waals surface area contributed by atoms with Crippen molar-refractivity contribution in [2.24, 2.45) is 0 Å². The molecule has 0 aliphatic carbocycles. The number of hydrogen-bond acceptors (Lipinski definition) is 5. The number of para-hydroxylation sites is 1. The highest BCUT2D eigenvalue weighted by Crippen LogP contribution is 2.33. The van der Waals surface area contributed by atoms with Crippen molar-refractivity contribution in [1.29, 1.82) is 0 Å². The molecule has 1 unspecified atom stereocenters. The molecule has 21 heavy (non-hydrogen) atoms. The fourth-order valence-corrected chi connectivity index (χ4v) is 2.74. The second kappa shape index (κ2) is 4.76. The van der Waals surface area contributed by atoms with E-state index in [9.17, 15) is 9.59 Å². The summed E-state index contributed by atoms with van der Waals surface area (Å²) in [5, 5.41) is 0. The van der Waals surface area contributed by atoms with Crippen molar-refractivity contribution in [2.75, 3.05) is 19.9 Å². The molecule has 1 fully saturated rings. The molecule has 0 saturated carbocycles. The molecule has 1 aliphatic rings. The number of nitrogens with zero attached hydrogens (tertiary/aromatic N) is 3. The van der Waals surface area contributed by atoms with Gasteiger partial charge in [0, 0.05) is 13.5 Å². The largest absolute Gasteiger partial charge is 0.494 e. The molecule has 3 rings (SSSR count). The van der Waals surface area contributed by atoms with Crippen LogP contribution in [-0.2, 0) is 9.59 Å². The van der Waals surface area contributed by atoms with Gasteiger partial charge in [-0.25, -0.2) is 4.98 Å². The van der Waals surface area contributed by atoms with Gasteiger partial charge in [0.05, 0.1) is 12.6 Å². The van der Waals surface area contributed by atoms with Crippen molar-refractivity contribution in [3.8, 4) is 5.75 Å². The maximum atomic E-state index is 12.4. The number of benzene rings is 1. The number of nitrogen functional groups attached to an aromatic ring is 1. The zero-order valence-corrected chi connectivity index (χ0v) is 11.9. The third-order valence-corrected chi connectivity index (χ3v) is 3.86. The minimum atomic E-state index is -0.509. The predicted octanol–water partition coefficient (Wildman–Crippen LogP) is 0.947. The minimum Gasteiger partial charge on any atom is -0.494 e. The number of imidazole rings is 1. The van der Waals surface area contributed by atoms with Crippen LogP contribution in [0.25, 0.3) is 11.0 Å². The number of methoxy groups -OCH3 is 1. The second-order valence-electron chi connectivity index (χ2n) is 5.01. The van der Waals surface area contributed by atoms with E-state index >= 15 is 0 Å². The quantitative estimate of drug-likeness (QED) is 0.831. The maximum Gasteiger partial charge on any atom is 0.252 e. The van der Waals surface area contributed by atoms with Gasteiger partial charge in [-0.05, 0) is 18.6 Å². The first-order chi connectivity index (χ1) is 10.0. The molecule has 1 aliphatic heterocycles. The van der Waals surface area contributed by atoms with E-state index < -0.39 is 6.04 Å². The van der Waals surface area contributed by atoms with E-state index in [2.05, 4.69) is 4.98 Å². The van der Waals surface area contributed by atoms with Crippen molar-refractivity contribution in [1.82, 2.24) is 14.5 Å². The Morgan fingerprint density at radius 3 is 2.86 bits per heavy atom. The number of fused-ring (bicyclic) bond motifs is 1. The van der Waals surface area contributed by atoms with Crippen LogP contribution in [0.15, 0.2) is 18.2 Å². The number of anilines is 1. The summed E-state index contributed by atoms with van der Waals surface area (Å²) in [6.45, 7) is 0. The molecule has 1 atom stereocenters. The number of carbonyl (C=O) groups excluding carboxylic acids is 2. The Labute approximate surface area is 121 Å². The molecule has 2 N–H and O–H groups in total. The number of amides is 2. The smallest absolute Gasteiger partial charge is 0.252 e. The van der Waals surface area contributed by atoms with E-state index in [0.29, 0.717) is 24.1 Å². The van der Waals surface area contributed by atoms with E-state index in [0.717, 1.165) is 10.4 Å². The normalized spacial score (nSPS) is 19.3. The number of ether oxygens (including phenoxy) is 1. The molecule has 0 spiro atoms. The van der Waals surface area contributed by atoms with Crippen LogP contribution in [0.2, 0.25) is 0 Å². The van der Waals surface area contributed by atoms with Crippen LogP contribution in [-0.4, -0.2) is 40.4 Å². The van der Waals surface area contributed by atoms with Gasteiger partial charge in [-0.3, -0.25) is 19.1 Å². The number of likely N-dealkylation sites (tertiary alicyclic amines) is 1. The first-order valence-corrected chi connectivity index (χ1v) is 6.65. The van der Waals surface area contributed by atoms with Gasteiger partial charge in [0.1, 0.15) is 17.3 Å². The van der Waals surface area contributed by atoms with Gasteiger partial charge in [0.2, 0.25) is 11.9 Å². The zero-order valence-electron chi connectivity index (χ0n) is 11.9. The number of piperidine rings is 1. The Kier molecular flexibility index (Phi) is 3.04. The van der Waals surface area contributed by atoms with Gasteiger partial charge in [-0.2, -0.15) is 0 Å². The molecular weight excluding hydrogens is 272 g/mol. The summed E-state index contributed by atoms with van der Waals surface area (Å²) in [7, 11) is 3.05. The van der Waals surface area contributed by atoms with E-state index in [1.54, 1.807) is 17.7 Å². The predicted molar refractivity (Wildman–Crippen MR) is 76.7 cm³/mol. The van der Waals surface area contributed by atoms with Crippen LogP contribution in [0.3, 0.4) is 0 Å². The van der Waals surface area contributed by atoms with E-state index in [4.69, 9.17) is 10.5 Å². The van der Waals surface area contributed by atoms with E-state index in [1.165, 1.54) is 7.05 Å². The van der Waals surface area contributed by atoms with Crippen LogP contribution in [0.1, 0.15) is 18.9 Å². The van der Waals surface area contributed by atoms with Crippen molar-refractivity contribution >= 4 is 28.8 Å². The molecule has 1 aromatic carbocycles. The number of hydrogen-bond donors (Lipinski definition) is 1. The van der Waals surface area contributed by atoms with Crippen LogP contribution in [0.5, 0.6) is 5.75 Å². The van der Waals surface area contributed by atoms with Crippen molar-refractivity contribution in [2.45, 2.75) is 18.9 Å². The lowest BCUT2D eigenvalue weighted by atomic mass is 10.0. The van der Waals surface area contributed by atoms with Gasteiger partial charge in [0.25, 0.3) is 5.91 Å². The monoisotopic (exact) mass is 288 g/mol. The van der Waals surface area contributed by atoms with E-state index in [1.807, 2.05) is 12.1 Å². The maximum absolute atomic E-state index is 12.4. The minimum absolute atomic E-state index is 0.170. The zero-order chi connectivity index (χ0) is 15.1. The lowest BCUT2D eigenvalue weighted by Crippen LogP contribution is -2.43. The fourth-order valence-electron chi connectivity index (χ4n) is 2.74. The summed E-state index contributed by atoms with van der Waals surface area (Å²) in [5.74, 6) is 0.415. The number of likely N-dealkylation sites (N-methyl/N-ethyl adjacent to an activating group) is 1. The Morgan fingerprint density at radius 1 is 1.38 bits per heavy atom. The molecule has 0 bridgehead atoms. The van der Waals surface area contributed by atoms with Gasteiger partial charge < -0.3 is 10.5 Å². The van der Waals surface area contributed by atoms with Crippen molar-refractivity contribution in [3.05, 3.63) is 18.2 Å². The Bertz CT molecular complexity index is 737.